The Morgan fingerprint density at radius 2 is 1.91 bits per heavy atom. The summed E-state index contributed by atoms with van der Waals surface area (Å²) in [4.78, 5) is 2.76. The second kappa shape index (κ2) is 9.00. The number of piperidine rings is 1. The van der Waals surface area contributed by atoms with E-state index in [1.807, 2.05) is 0 Å². The lowest BCUT2D eigenvalue weighted by Gasteiger charge is -2.42. The fourth-order valence-corrected chi connectivity index (χ4v) is 7.59. The summed E-state index contributed by atoms with van der Waals surface area (Å²) in [6.45, 7) is 5.99. The van der Waals surface area contributed by atoms with Crippen LogP contribution in [0.25, 0.3) is 0 Å². The maximum Gasteiger partial charge on any atom is 0.118 e. The van der Waals surface area contributed by atoms with Crippen LogP contribution in [0.3, 0.4) is 0 Å². The Hall–Kier alpha value is -1.81. The van der Waals surface area contributed by atoms with Crippen LogP contribution < -0.4 is 10.1 Å². The van der Waals surface area contributed by atoms with Gasteiger partial charge in [0.15, 0.2) is 0 Å². The quantitative estimate of drug-likeness (QED) is 0.455. The normalized spacial score (nSPS) is 30.1. The van der Waals surface area contributed by atoms with Crippen molar-refractivity contribution in [3.8, 4) is 5.75 Å². The topological polar surface area (TPSA) is 24.5 Å². The van der Waals surface area contributed by atoms with Gasteiger partial charge < -0.3 is 15.0 Å². The van der Waals surface area contributed by atoms with E-state index in [1.54, 1.807) is 7.11 Å². The molecule has 1 N–H and O–H groups in total. The van der Waals surface area contributed by atoms with Gasteiger partial charge in [-0.05, 0) is 116 Å². The Kier molecular flexibility index (Phi) is 6.00. The fourth-order valence-electron chi connectivity index (χ4n) is 7.41. The van der Waals surface area contributed by atoms with E-state index in [0.29, 0.717) is 6.04 Å². The van der Waals surface area contributed by atoms with Crippen molar-refractivity contribution < 1.29 is 6.16 Å². The van der Waals surface area contributed by atoms with Crippen molar-refractivity contribution in [3.63, 3.8) is 0 Å². The molecule has 0 radical (unpaired) electrons. The lowest BCUT2D eigenvalue weighted by Crippen LogP contribution is -2.44. The minimum Gasteiger partial charge on any atom is -0.497 e. The summed E-state index contributed by atoms with van der Waals surface area (Å²) in [5.74, 6) is 3.51. The Bertz CT molecular complexity index is 1060. The van der Waals surface area contributed by atoms with Gasteiger partial charge in [0.25, 0.3) is 0 Å². The van der Waals surface area contributed by atoms with Gasteiger partial charge in [-0.1, -0.05) is 42.0 Å². The molecule has 2 aromatic carbocycles. The molecule has 4 heteroatoms. The first-order chi connectivity index (χ1) is 16.5. The van der Waals surface area contributed by atoms with Crippen molar-refractivity contribution in [1.29, 1.82) is 0 Å². The summed E-state index contributed by atoms with van der Waals surface area (Å²) in [5.41, 5.74) is 4.51. The number of hydrogen-bond donors (Lipinski definition) is 1. The van der Waals surface area contributed by atoms with E-state index in [9.17, 15) is 0 Å². The lowest BCUT2D eigenvalue weighted by molar-refractivity contribution is 0.128. The van der Waals surface area contributed by atoms with Gasteiger partial charge in [0.2, 0.25) is 0 Å². The zero-order chi connectivity index (χ0) is 23.3. The molecule has 1 heterocycles. The minimum atomic E-state index is 0. The maximum absolute atomic E-state index is 6.53. The van der Waals surface area contributed by atoms with Crippen molar-refractivity contribution >= 4 is 11.6 Å². The highest BCUT2D eigenvalue weighted by molar-refractivity contribution is 6.30. The lowest BCUT2D eigenvalue weighted by atomic mass is 9.73. The second-order valence-corrected chi connectivity index (χ2v) is 11.7. The van der Waals surface area contributed by atoms with E-state index < -0.39 is 0 Å². The van der Waals surface area contributed by atoms with Crippen LogP contribution in [0, 0.1) is 17.8 Å². The number of fused-ring (bicyclic) bond motifs is 4. The first-order valence-corrected chi connectivity index (χ1v) is 13.5. The van der Waals surface area contributed by atoms with Crippen molar-refractivity contribution in [2.45, 2.75) is 56.5 Å². The first-order valence-electron chi connectivity index (χ1n) is 13.1. The summed E-state index contributed by atoms with van der Waals surface area (Å²) < 4.78 is 5.34. The number of rotatable bonds is 6. The summed E-state index contributed by atoms with van der Waals surface area (Å²) in [6, 6.07) is 15.7. The van der Waals surface area contributed by atoms with Gasteiger partial charge in [0, 0.05) is 25.1 Å². The van der Waals surface area contributed by atoms with Crippen LogP contribution in [0.1, 0.15) is 69.2 Å². The van der Waals surface area contributed by atoms with Crippen molar-refractivity contribution in [2.24, 2.45) is 17.8 Å². The number of nitrogens with one attached hydrogen (secondary N) is 1. The third-order valence-electron chi connectivity index (χ3n) is 9.35. The molecule has 0 aromatic heterocycles. The molecule has 3 aliphatic carbocycles. The monoisotopic (exact) mass is 478 g/mol. The third kappa shape index (κ3) is 4.10. The van der Waals surface area contributed by atoms with E-state index in [0.717, 1.165) is 28.5 Å². The standard InChI is InChI=1S/C30H37ClN2O.H2/c1-20(22-5-8-26(34-2)9-6-22)32-29-18-30(28-17-25(31)7-10-27(28)29)11-13-33(14-12-30)19-24-16-21-3-4-23(24)15-21;/h3-10,17,20-21,23-24,29,32H,11-16,18-19H2,1-2H3;1H/t20-,21?,23?,24?,29-;/m0./s1. The fraction of sp³-hybridized carbons (Fsp3) is 0.533. The molecule has 2 aromatic rings. The predicted molar refractivity (Wildman–Crippen MR) is 142 cm³/mol. The van der Waals surface area contributed by atoms with E-state index >= 15 is 0 Å². The van der Waals surface area contributed by atoms with E-state index in [2.05, 4.69) is 71.8 Å². The summed E-state index contributed by atoms with van der Waals surface area (Å²) >= 11 is 6.53. The molecule has 3 unspecified atom stereocenters. The largest absolute Gasteiger partial charge is 0.497 e. The Labute approximate surface area is 211 Å². The molecular formula is C30H39ClN2O. The first kappa shape index (κ1) is 22.6. The highest BCUT2D eigenvalue weighted by atomic mass is 35.5. The Morgan fingerprint density at radius 3 is 2.59 bits per heavy atom. The molecule has 2 bridgehead atoms. The minimum absolute atomic E-state index is 0. The number of benzene rings is 2. The zero-order valence-electron chi connectivity index (χ0n) is 20.5. The average molecular weight is 479 g/mol. The molecule has 1 saturated heterocycles. The van der Waals surface area contributed by atoms with Gasteiger partial charge in [-0.2, -0.15) is 0 Å². The molecular weight excluding hydrogens is 440 g/mol. The number of halogens is 1. The van der Waals surface area contributed by atoms with Crippen molar-refractivity contribution in [1.82, 2.24) is 10.2 Å². The van der Waals surface area contributed by atoms with E-state index in [-0.39, 0.29) is 12.9 Å². The second-order valence-electron chi connectivity index (χ2n) is 11.3. The summed E-state index contributed by atoms with van der Waals surface area (Å²) in [7, 11) is 1.72. The van der Waals surface area contributed by atoms with E-state index in [1.165, 1.54) is 68.4 Å². The van der Waals surface area contributed by atoms with Gasteiger partial charge in [0.1, 0.15) is 5.75 Å². The molecule has 2 fully saturated rings. The number of ether oxygens (including phenoxy) is 1. The van der Waals surface area contributed by atoms with E-state index in [4.69, 9.17) is 16.3 Å². The van der Waals surface area contributed by atoms with Crippen LogP contribution in [-0.4, -0.2) is 31.6 Å². The van der Waals surface area contributed by atoms with Crippen LogP contribution in [0.5, 0.6) is 5.75 Å². The number of likely N-dealkylation sites (tertiary alicyclic amines) is 1. The van der Waals surface area contributed by atoms with Gasteiger partial charge >= 0.3 is 0 Å². The smallest absolute Gasteiger partial charge is 0.118 e. The highest BCUT2D eigenvalue weighted by Gasteiger charge is 2.46. The number of nitrogens with zero attached hydrogens (tertiary/aromatic N) is 1. The van der Waals surface area contributed by atoms with Crippen LogP contribution >= 0.6 is 11.6 Å². The predicted octanol–water partition coefficient (Wildman–Crippen LogP) is 6.94. The van der Waals surface area contributed by atoms with Gasteiger partial charge in [-0.3, -0.25) is 0 Å². The van der Waals surface area contributed by atoms with Crippen LogP contribution in [0.15, 0.2) is 54.6 Å². The zero-order valence-corrected chi connectivity index (χ0v) is 21.2. The maximum atomic E-state index is 6.53. The SMILES string of the molecule is COc1ccc([C@H](C)N[C@H]2CC3(CCN(CC4CC5C=CC4C5)CC3)c3cc(Cl)ccc32)cc1.[HH]. The molecule has 3 nitrogen and oxygen atoms in total. The van der Waals surface area contributed by atoms with Gasteiger partial charge in [-0.25, -0.2) is 0 Å². The molecule has 0 amide bonds. The van der Waals surface area contributed by atoms with Gasteiger partial charge in [-0.15, -0.1) is 0 Å². The highest BCUT2D eigenvalue weighted by Crippen LogP contribution is 2.52. The van der Waals surface area contributed by atoms with Crippen LogP contribution in [0.4, 0.5) is 0 Å². The molecule has 6 rings (SSSR count). The average Bonchev–Trinajstić information content (AvgIpc) is 3.55. The molecule has 4 aliphatic rings. The van der Waals surface area contributed by atoms with Crippen LogP contribution in [-0.2, 0) is 5.41 Å². The Morgan fingerprint density at radius 1 is 1.12 bits per heavy atom. The molecule has 1 aliphatic heterocycles. The van der Waals surface area contributed by atoms with Crippen LogP contribution in [0.2, 0.25) is 5.02 Å². The number of allylic oxidation sites excluding steroid dienone is 2. The third-order valence-corrected chi connectivity index (χ3v) is 9.58. The Balaban J connectivity index is 0.00000253. The molecule has 182 valence electrons. The van der Waals surface area contributed by atoms with Gasteiger partial charge in [0.05, 0.1) is 7.11 Å². The van der Waals surface area contributed by atoms with Crippen molar-refractivity contribution in [2.75, 3.05) is 26.7 Å². The molecule has 1 spiro atoms. The molecule has 5 atom stereocenters. The number of hydrogen-bond acceptors (Lipinski definition) is 3. The molecule has 34 heavy (non-hydrogen) atoms. The summed E-state index contributed by atoms with van der Waals surface area (Å²) in [6.07, 6.45) is 11.4. The van der Waals surface area contributed by atoms with Crippen molar-refractivity contribution in [3.05, 3.63) is 76.3 Å². The number of methoxy groups -OCH3 is 1. The summed E-state index contributed by atoms with van der Waals surface area (Å²) in [5, 5.41) is 4.84. The molecule has 1 saturated carbocycles.